The third-order valence-corrected chi connectivity index (χ3v) is 4.08. The van der Waals surface area contributed by atoms with E-state index in [2.05, 4.69) is 17.1 Å². The molecule has 0 unspecified atom stereocenters. The van der Waals surface area contributed by atoms with E-state index < -0.39 is 0 Å². The molecule has 1 aliphatic rings. The molecular formula is C17H27N3O. The van der Waals surface area contributed by atoms with Crippen LogP contribution in [0.3, 0.4) is 0 Å². The second kappa shape index (κ2) is 7.57. The van der Waals surface area contributed by atoms with Gasteiger partial charge in [-0.1, -0.05) is 18.2 Å². The van der Waals surface area contributed by atoms with Crippen molar-refractivity contribution in [2.75, 3.05) is 38.6 Å². The van der Waals surface area contributed by atoms with Gasteiger partial charge in [-0.3, -0.25) is 4.79 Å². The van der Waals surface area contributed by atoms with Crippen molar-refractivity contribution in [3.8, 4) is 0 Å². The number of nitrogens with one attached hydrogen (secondary N) is 1. The summed E-state index contributed by atoms with van der Waals surface area (Å²) < 4.78 is 0. The molecule has 2 atom stereocenters. The first-order valence-electron chi connectivity index (χ1n) is 7.82. The van der Waals surface area contributed by atoms with Crippen LogP contribution >= 0.6 is 0 Å². The fourth-order valence-electron chi connectivity index (χ4n) is 2.85. The van der Waals surface area contributed by atoms with Crippen LogP contribution in [0.25, 0.3) is 0 Å². The summed E-state index contributed by atoms with van der Waals surface area (Å²) in [7, 11) is 4.08. The van der Waals surface area contributed by atoms with Crippen LogP contribution in [-0.2, 0) is 4.79 Å². The highest BCUT2D eigenvalue weighted by Gasteiger charge is 2.29. The van der Waals surface area contributed by atoms with Gasteiger partial charge in [0.1, 0.15) is 0 Å². The molecule has 1 amide bonds. The van der Waals surface area contributed by atoms with E-state index in [1.165, 1.54) is 0 Å². The van der Waals surface area contributed by atoms with Gasteiger partial charge in [-0.15, -0.1) is 0 Å². The van der Waals surface area contributed by atoms with Crippen LogP contribution in [0.2, 0.25) is 0 Å². The summed E-state index contributed by atoms with van der Waals surface area (Å²) in [6.07, 6.45) is 1.87. The summed E-state index contributed by atoms with van der Waals surface area (Å²) in [4.78, 5) is 17.0. The van der Waals surface area contributed by atoms with Crippen molar-refractivity contribution in [1.29, 1.82) is 0 Å². The van der Waals surface area contributed by atoms with Gasteiger partial charge in [0.15, 0.2) is 0 Å². The van der Waals surface area contributed by atoms with Crippen molar-refractivity contribution in [2.24, 2.45) is 5.92 Å². The SMILES string of the molecule is C[C@H]1C[C@@H](C(=O)N(CCN(C)C)c2ccccc2)CCN1. The Hall–Kier alpha value is -1.39. The van der Waals surface area contributed by atoms with Gasteiger partial charge in [-0.25, -0.2) is 0 Å². The van der Waals surface area contributed by atoms with Crippen molar-refractivity contribution < 1.29 is 4.79 Å². The minimum Gasteiger partial charge on any atom is -0.314 e. The molecule has 0 saturated carbocycles. The molecule has 1 aliphatic heterocycles. The fourth-order valence-corrected chi connectivity index (χ4v) is 2.85. The zero-order valence-electron chi connectivity index (χ0n) is 13.4. The van der Waals surface area contributed by atoms with E-state index in [1.54, 1.807) is 0 Å². The molecule has 1 fully saturated rings. The number of hydrogen-bond acceptors (Lipinski definition) is 3. The van der Waals surface area contributed by atoms with E-state index in [9.17, 15) is 4.79 Å². The average molecular weight is 289 g/mol. The number of para-hydroxylation sites is 1. The number of hydrogen-bond donors (Lipinski definition) is 1. The number of likely N-dealkylation sites (N-methyl/N-ethyl adjacent to an activating group) is 1. The second-order valence-electron chi connectivity index (χ2n) is 6.21. The summed E-state index contributed by atoms with van der Waals surface area (Å²) in [5.74, 6) is 0.417. The number of anilines is 1. The molecule has 0 spiro atoms. The highest BCUT2D eigenvalue weighted by Crippen LogP contribution is 2.23. The molecule has 2 rings (SSSR count). The van der Waals surface area contributed by atoms with Gasteiger partial charge in [0, 0.05) is 30.7 Å². The molecule has 0 aliphatic carbocycles. The number of benzene rings is 1. The third kappa shape index (κ3) is 4.55. The molecule has 0 aromatic heterocycles. The smallest absolute Gasteiger partial charge is 0.230 e. The molecule has 4 heteroatoms. The Kier molecular flexibility index (Phi) is 5.76. The zero-order chi connectivity index (χ0) is 15.2. The summed E-state index contributed by atoms with van der Waals surface area (Å²) in [6.45, 7) is 4.72. The van der Waals surface area contributed by atoms with Crippen molar-refractivity contribution in [3.05, 3.63) is 30.3 Å². The number of rotatable bonds is 5. The van der Waals surface area contributed by atoms with E-state index in [0.29, 0.717) is 6.04 Å². The van der Waals surface area contributed by atoms with E-state index in [1.807, 2.05) is 49.3 Å². The topological polar surface area (TPSA) is 35.6 Å². The van der Waals surface area contributed by atoms with Gasteiger partial charge < -0.3 is 15.1 Å². The van der Waals surface area contributed by atoms with E-state index in [4.69, 9.17) is 0 Å². The zero-order valence-corrected chi connectivity index (χ0v) is 13.4. The van der Waals surface area contributed by atoms with Gasteiger partial charge >= 0.3 is 0 Å². The van der Waals surface area contributed by atoms with Gasteiger partial charge in [-0.05, 0) is 52.5 Å². The summed E-state index contributed by atoms with van der Waals surface area (Å²) in [5, 5.41) is 3.42. The molecule has 1 heterocycles. The molecule has 1 aromatic rings. The predicted molar refractivity (Wildman–Crippen MR) is 87.5 cm³/mol. The minimum atomic E-state index is 0.142. The van der Waals surface area contributed by atoms with Crippen molar-refractivity contribution in [3.63, 3.8) is 0 Å². The van der Waals surface area contributed by atoms with Crippen molar-refractivity contribution in [2.45, 2.75) is 25.8 Å². The Balaban J connectivity index is 2.12. The van der Waals surface area contributed by atoms with E-state index in [-0.39, 0.29) is 11.8 Å². The lowest BCUT2D eigenvalue weighted by atomic mass is 9.92. The lowest BCUT2D eigenvalue weighted by molar-refractivity contribution is -0.123. The minimum absolute atomic E-state index is 0.142. The molecule has 21 heavy (non-hydrogen) atoms. The van der Waals surface area contributed by atoms with Crippen LogP contribution in [0.4, 0.5) is 5.69 Å². The first-order valence-corrected chi connectivity index (χ1v) is 7.82. The van der Waals surface area contributed by atoms with Gasteiger partial charge in [-0.2, -0.15) is 0 Å². The first-order chi connectivity index (χ1) is 10.1. The van der Waals surface area contributed by atoms with Crippen molar-refractivity contribution in [1.82, 2.24) is 10.2 Å². The highest BCUT2D eigenvalue weighted by molar-refractivity contribution is 5.95. The monoisotopic (exact) mass is 289 g/mol. The summed E-state index contributed by atoms with van der Waals surface area (Å²) >= 11 is 0. The lowest BCUT2D eigenvalue weighted by Gasteiger charge is -2.32. The largest absolute Gasteiger partial charge is 0.314 e. The molecule has 4 nitrogen and oxygen atoms in total. The number of piperidine rings is 1. The lowest BCUT2D eigenvalue weighted by Crippen LogP contribution is -2.46. The second-order valence-corrected chi connectivity index (χ2v) is 6.21. The number of amides is 1. The van der Waals surface area contributed by atoms with Crippen LogP contribution in [0.5, 0.6) is 0 Å². The molecule has 1 N–H and O–H groups in total. The van der Waals surface area contributed by atoms with Crippen molar-refractivity contribution >= 4 is 11.6 Å². The predicted octanol–water partition coefficient (Wildman–Crippen LogP) is 1.97. The van der Waals surface area contributed by atoms with Crippen LogP contribution in [0.1, 0.15) is 19.8 Å². The maximum atomic E-state index is 12.9. The molecule has 1 saturated heterocycles. The highest BCUT2D eigenvalue weighted by atomic mass is 16.2. The Morgan fingerprint density at radius 2 is 1.95 bits per heavy atom. The van der Waals surface area contributed by atoms with Crippen LogP contribution in [-0.4, -0.2) is 50.6 Å². The number of nitrogens with zero attached hydrogens (tertiary/aromatic N) is 2. The molecule has 1 aromatic carbocycles. The van der Waals surface area contributed by atoms with Gasteiger partial charge in [0.05, 0.1) is 0 Å². The quantitative estimate of drug-likeness (QED) is 0.900. The Morgan fingerprint density at radius 1 is 1.24 bits per heavy atom. The summed E-state index contributed by atoms with van der Waals surface area (Å²) in [6, 6.07) is 10.5. The number of carbonyl (C=O) groups is 1. The van der Waals surface area contributed by atoms with E-state index in [0.717, 1.165) is 38.2 Å². The van der Waals surface area contributed by atoms with E-state index >= 15 is 0 Å². The fraction of sp³-hybridized carbons (Fsp3) is 0.588. The molecule has 116 valence electrons. The Morgan fingerprint density at radius 3 is 2.57 bits per heavy atom. The number of carbonyl (C=O) groups excluding carboxylic acids is 1. The molecular weight excluding hydrogens is 262 g/mol. The molecule has 0 bridgehead atoms. The van der Waals surface area contributed by atoms with Gasteiger partial charge in [0.25, 0.3) is 0 Å². The average Bonchev–Trinajstić information content (AvgIpc) is 2.48. The normalized spacial score (nSPS) is 22.3. The standard InChI is InChI=1S/C17H27N3O/c1-14-13-15(9-10-18-14)17(21)20(12-11-19(2)3)16-7-5-4-6-8-16/h4-8,14-15,18H,9-13H2,1-3H3/t14-,15-/m0/s1. The Bertz CT molecular complexity index is 447. The maximum Gasteiger partial charge on any atom is 0.230 e. The third-order valence-electron chi connectivity index (χ3n) is 4.08. The summed E-state index contributed by atoms with van der Waals surface area (Å²) in [5.41, 5.74) is 1.01. The molecule has 0 radical (unpaired) electrons. The first kappa shape index (κ1) is 16.0. The van der Waals surface area contributed by atoms with Crippen LogP contribution in [0, 0.1) is 5.92 Å². The van der Waals surface area contributed by atoms with Crippen LogP contribution < -0.4 is 10.2 Å². The van der Waals surface area contributed by atoms with Crippen LogP contribution in [0.15, 0.2) is 30.3 Å². The van der Waals surface area contributed by atoms with Gasteiger partial charge in [0.2, 0.25) is 5.91 Å². The maximum absolute atomic E-state index is 12.9. The Labute approximate surface area is 128 Å².